The molecule has 2 fully saturated rings. The number of carbonyl (C=O) groups excluding carboxylic acids is 2. The summed E-state index contributed by atoms with van der Waals surface area (Å²) in [5.41, 5.74) is 2.52. The van der Waals surface area contributed by atoms with Gasteiger partial charge in [-0.2, -0.15) is 5.26 Å². The maximum absolute atomic E-state index is 13.8. The average Bonchev–Trinajstić information content (AvgIpc) is 3.00. The van der Waals surface area contributed by atoms with Crippen molar-refractivity contribution >= 4 is 11.8 Å². The molecular weight excluding hydrogens is 470 g/mol. The van der Waals surface area contributed by atoms with E-state index in [4.69, 9.17) is 0 Å². The Bertz CT molecular complexity index is 1220. The van der Waals surface area contributed by atoms with Gasteiger partial charge in [0.25, 0.3) is 0 Å². The Hall–Kier alpha value is -3.91. The number of benzene rings is 3. The van der Waals surface area contributed by atoms with Crippen molar-refractivity contribution in [3.63, 3.8) is 0 Å². The Morgan fingerprint density at radius 3 is 1.82 bits per heavy atom. The largest absolute Gasteiger partial charge is 0.345 e. The lowest BCUT2D eigenvalue weighted by Gasteiger charge is -2.41. The molecule has 1 aliphatic heterocycles. The first-order valence-corrected chi connectivity index (χ1v) is 13.8. The lowest BCUT2D eigenvalue weighted by Crippen LogP contribution is -2.50. The second-order valence-corrected chi connectivity index (χ2v) is 10.6. The van der Waals surface area contributed by atoms with Gasteiger partial charge in [-0.25, -0.2) is 0 Å². The fraction of sp³-hybridized carbons (Fsp3) is 0.364. The summed E-state index contributed by atoms with van der Waals surface area (Å²) in [6.45, 7) is 1.09. The minimum atomic E-state index is -0.556. The van der Waals surface area contributed by atoms with Crippen LogP contribution < -0.4 is 5.32 Å². The Kier molecular flexibility index (Phi) is 7.89. The van der Waals surface area contributed by atoms with E-state index in [0.29, 0.717) is 25.9 Å². The minimum absolute atomic E-state index is 0.0478. The molecule has 1 N–H and O–H groups in total. The highest BCUT2D eigenvalue weighted by Crippen LogP contribution is 2.38. The van der Waals surface area contributed by atoms with Crippen LogP contribution in [0.3, 0.4) is 0 Å². The Labute approximate surface area is 225 Å². The van der Waals surface area contributed by atoms with Gasteiger partial charge >= 0.3 is 0 Å². The van der Waals surface area contributed by atoms with Crippen molar-refractivity contribution in [2.75, 3.05) is 13.1 Å². The quantitative estimate of drug-likeness (QED) is 0.461. The second kappa shape index (κ2) is 11.6. The van der Waals surface area contributed by atoms with Gasteiger partial charge < -0.3 is 10.2 Å². The topological polar surface area (TPSA) is 73.2 Å². The molecule has 1 saturated carbocycles. The third-order valence-electron chi connectivity index (χ3n) is 8.44. The van der Waals surface area contributed by atoms with Gasteiger partial charge in [0, 0.05) is 24.9 Å². The summed E-state index contributed by atoms with van der Waals surface area (Å²) < 4.78 is 0. The number of nitrogens with one attached hydrogen (secondary N) is 1. The molecule has 3 aromatic carbocycles. The number of amides is 2. The van der Waals surface area contributed by atoms with Gasteiger partial charge in [-0.15, -0.1) is 0 Å². The van der Waals surface area contributed by atoms with Crippen molar-refractivity contribution in [2.45, 2.75) is 50.0 Å². The second-order valence-electron chi connectivity index (χ2n) is 10.6. The lowest BCUT2D eigenvalue weighted by atomic mass is 9.73. The van der Waals surface area contributed by atoms with Gasteiger partial charge in [-0.3, -0.25) is 9.59 Å². The number of carbonyl (C=O) groups is 2. The molecule has 3 aromatic rings. The summed E-state index contributed by atoms with van der Waals surface area (Å²) in [4.78, 5) is 29.5. The molecule has 2 atom stereocenters. The number of nitriles is 1. The standard InChI is InChI=1S/C33H35N3O2/c34-24-33(27-16-8-3-9-17-27)20-22-36(23-21-33)32(38)29-19-11-10-18-28(29)31(37)35-30(25-12-4-1-5-13-25)26-14-6-2-7-15-26/h1-9,12-17,28-30H,10-11,18-23H2,(H,35,37). The van der Waals surface area contributed by atoms with E-state index in [1.165, 1.54) is 0 Å². The van der Waals surface area contributed by atoms with Crippen molar-refractivity contribution < 1.29 is 9.59 Å². The van der Waals surface area contributed by atoms with Crippen LogP contribution >= 0.6 is 0 Å². The van der Waals surface area contributed by atoms with E-state index in [-0.39, 0.29) is 29.7 Å². The van der Waals surface area contributed by atoms with Crippen LogP contribution in [-0.4, -0.2) is 29.8 Å². The van der Waals surface area contributed by atoms with Gasteiger partial charge in [0.1, 0.15) is 0 Å². The Morgan fingerprint density at radius 2 is 1.29 bits per heavy atom. The maximum Gasteiger partial charge on any atom is 0.226 e. The van der Waals surface area contributed by atoms with Gasteiger partial charge in [0.2, 0.25) is 11.8 Å². The van der Waals surface area contributed by atoms with Crippen molar-refractivity contribution in [2.24, 2.45) is 11.8 Å². The van der Waals surface area contributed by atoms with Crippen molar-refractivity contribution in [3.8, 4) is 6.07 Å². The zero-order valence-electron chi connectivity index (χ0n) is 21.8. The van der Waals surface area contributed by atoms with E-state index in [1.54, 1.807) is 0 Å². The molecule has 1 saturated heterocycles. The predicted molar refractivity (Wildman–Crippen MR) is 148 cm³/mol. The Morgan fingerprint density at radius 1 is 0.789 bits per heavy atom. The predicted octanol–water partition coefficient (Wildman–Crippen LogP) is 5.78. The maximum atomic E-state index is 13.8. The molecule has 1 aliphatic carbocycles. The molecule has 0 radical (unpaired) electrons. The van der Waals surface area contributed by atoms with Crippen molar-refractivity contribution in [3.05, 3.63) is 108 Å². The third kappa shape index (κ3) is 5.36. The van der Waals surface area contributed by atoms with Gasteiger partial charge in [0.15, 0.2) is 0 Å². The molecule has 2 unspecified atom stereocenters. The van der Waals surface area contributed by atoms with Crippen molar-refractivity contribution in [1.82, 2.24) is 10.2 Å². The van der Waals surface area contributed by atoms with E-state index >= 15 is 0 Å². The van der Waals surface area contributed by atoms with Crippen LogP contribution in [0.15, 0.2) is 91.0 Å². The first-order chi connectivity index (χ1) is 18.6. The molecule has 0 bridgehead atoms. The van der Waals surface area contributed by atoms with Crippen LogP contribution in [0.2, 0.25) is 0 Å². The minimum Gasteiger partial charge on any atom is -0.345 e. The van der Waals surface area contributed by atoms with Crippen LogP contribution in [0.1, 0.15) is 61.3 Å². The fourth-order valence-corrected chi connectivity index (χ4v) is 6.21. The Balaban J connectivity index is 1.30. The lowest BCUT2D eigenvalue weighted by molar-refractivity contribution is -0.145. The summed E-state index contributed by atoms with van der Waals surface area (Å²) in [5, 5.41) is 13.3. The van der Waals surface area contributed by atoms with Gasteiger partial charge in [-0.1, -0.05) is 104 Å². The smallest absolute Gasteiger partial charge is 0.226 e. The van der Waals surface area contributed by atoms with E-state index in [2.05, 4.69) is 11.4 Å². The zero-order valence-corrected chi connectivity index (χ0v) is 21.8. The number of hydrogen-bond acceptors (Lipinski definition) is 3. The summed E-state index contributed by atoms with van der Waals surface area (Å²) in [7, 11) is 0. The van der Waals surface area contributed by atoms with Crippen LogP contribution in [0.25, 0.3) is 0 Å². The molecule has 5 heteroatoms. The highest BCUT2D eigenvalue weighted by molar-refractivity contribution is 5.88. The highest BCUT2D eigenvalue weighted by atomic mass is 16.2. The monoisotopic (exact) mass is 505 g/mol. The zero-order chi connectivity index (χ0) is 26.4. The van der Waals surface area contributed by atoms with Gasteiger partial charge in [-0.05, 0) is 42.4 Å². The van der Waals surface area contributed by atoms with Crippen LogP contribution in [-0.2, 0) is 15.0 Å². The summed E-state index contributed by atoms with van der Waals surface area (Å²) >= 11 is 0. The molecule has 0 spiro atoms. The number of likely N-dealkylation sites (tertiary alicyclic amines) is 1. The molecule has 1 heterocycles. The molecule has 2 amide bonds. The first-order valence-electron chi connectivity index (χ1n) is 13.8. The van der Waals surface area contributed by atoms with E-state index in [9.17, 15) is 14.9 Å². The molecule has 0 aromatic heterocycles. The van der Waals surface area contributed by atoms with E-state index in [0.717, 1.165) is 42.4 Å². The van der Waals surface area contributed by atoms with Crippen LogP contribution in [0, 0.1) is 23.2 Å². The fourth-order valence-electron chi connectivity index (χ4n) is 6.21. The van der Waals surface area contributed by atoms with E-state index in [1.807, 2.05) is 95.9 Å². The first kappa shape index (κ1) is 25.7. The highest BCUT2D eigenvalue weighted by Gasteiger charge is 2.42. The summed E-state index contributed by atoms with van der Waals surface area (Å²) in [6.07, 6.45) is 4.60. The number of nitrogens with zero attached hydrogens (tertiary/aromatic N) is 2. The van der Waals surface area contributed by atoms with Crippen LogP contribution in [0.4, 0.5) is 0 Å². The van der Waals surface area contributed by atoms with Crippen molar-refractivity contribution in [1.29, 1.82) is 5.26 Å². The molecule has 194 valence electrons. The number of piperidine rings is 1. The number of hydrogen-bond donors (Lipinski definition) is 1. The SMILES string of the molecule is N#CC1(c2ccccc2)CCN(C(=O)C2CCCCC2C(=O)NC(c2ccccc2)c2ccccc2)CC1. The van der Waals surface area contributed by atoms with E-state index < -0.39 is 5.41 Å². The summed E-state index contributed by atoms with van der Waals surface area (Å²) in [6, 6.07) is 32.2. The summed E-state index contributed by atoms with van der Waals surface area (Å²) in [5.74, 6) is -0.640. The molecule has 2 aliphatic rings. The van der Waals surface area contributed by atoms with Gasteiger partial charge in [0.05, 0.1) is 17.5 Å². The third-order valence-corrected chi connectivity index (χ3v) is 8.44. The molecule has 38 heavy (non-hydrogen) atoms. The number of rotatable bonds is 6. The normalized spacial score (nSPS) is 20.9. The van der Waals surface area contributed by atoms with Crippen LogP contribution in [0.5, 0.6) is 0 Å². The average molecular weight is 506 g/mol. The molecule has 5 nitrogen and oxygen atoms in total. The molecule has 5 rings (SSSR count). The molecular formula is C33H35N3O2.